The molecule has 84 valence electrons. The lowest BCUT2D eigenvalue weighted by atomic mass is 10.1. The molecule has 0 radical (unpaired) electrons. The number of anilines is 1. The second-order valence-electron chi connectivity index (χ2n) is 4.86. The Bertz CT molecular complexity index is 315. The third-order valence-electron chi connectivity index (χ3n) is 2.98. The highest BCUT2D eigenvalue weighted by atomic mass is 15.2. The molecule has 0 aliphatic heterocycles. The van der Waals surface area contributed by atoms with Crippen molar-refractivity contribution >= 4 is 5.82 Å². The third kappa shape index (κ3) is 2.52. The molecule has 1 aliphatic carbocycles. The molecule has 0 fully saturated rings. The topological polar surface area (TPSA) is 40.7 Å². The van der Waals surface area contributed by atoms with Gasteiger partial charge in [-0.15, -0.1) is 0 Å². The maximum absolute atomic E-state index is 4.38. The third-order valence-corrected chi connectivity index (χ3v) is 2.98. The lowest BCUT2D eigenvalue weighted by Gasteiger charge is -2.08. The molecular formula is C12H21N3. The zero-order chi connectivity index (χ0) is 10.7. The van der Waals surface area contributed by atoms with Crippen LogP contribution in [0.4, 0.5) is 5.82 Å². The molecule has 3 nitrogen and oxygen atoms in total. The molecule has 1 aromatic rings. The summed E-state index contributed by atoms with van der Waals surface area (Å²) in [5.41, 5.74) is 2.80. The van der Waals surface area contributed by atoms with E-state index in [0.717, 1.165) is 12.4 Å². The molecule has 0 saturated carbocycles. The van der Waals surface area contributed by atoms with Crippen molar-refractivity contribution in [2.24, 2.45) is 5.92 Å². The van der Waals surface area contributed by atoms with Gasteiger partial charge in [0.15, 0.2) is 5.82 Å². The van der Waals surface area contributed by atoms with Gasteiger partial charge in [0.25, 0.3) is 0 Å². The molecular weight excluding hydrogens is 186 g/mol. The Morgan fingerprint density at radius 2 is 2.07 bits per heavy atom. The molecule has 0 aromatic carbocycles. The van der Waals surface area contributed by atoms with E-state index in [1.54, 1.807) is 0 Å². The van der Waals surface area contributed by atoms with Crippen molar-refractivity contribution in [3.05, 3.63) is 11.3 Å². The fourth-order valence-electron chi connectivity index (χ4n) is 2.10. The Balaban J connectivity index is 2.08. The van der Waals surface area contributed by atoms with Gasteiger partial charge in [0.1, 0.15) is 0 Å². The van der Waals surface area contributed by atoms with Crippen molar-refractivity contribution in [3.63, 3.8) is 0 Å². The van der Waals surface area contributed by atoms with Crippen molar-refractivity contribution in [2.75, 3.05) is 11.9 Å². The van der Waals surface area contributed by atoms with Crippen LogP contribution in [0.2, 0.25) is 0 Å². The lowest BCUT2D eigenvalue weighted by molar-refractivity contribution is 0.682. The van der Waals surface area contributed by atoms with Crippen LogP contribution in [0.5, 0.6) is 0 Å². The highest BCUT2D eigenvalue weighted by molar-refractivity contribution is 5.47. The number of aromatic amines is 1. The summed E-state index contributed by atoms with van der Waals surface area (Å²) in [7, 11) is 0. The number of aromatic nitrogens is 2. The van der Waals surface area contributed by atoms with Crippen LogP contribution in [0.25, 0.3) is 0 Å². The smallest absolute Gasteiger partial charge is 0.151 e. The number of hydrogen-bond donors (Lipinski definition) is 2. The van der Waals surface area contributed by atoms with Crippen molar-refractivity contribution in [1.82, 2.24) is 10.2 Å². The highest BCUT2D eigenvalue weighted by Crippen LogP contribution is 2.24. The number of aryl methyl sites for hydroxylation is 1. The molecule has 0 amide bonds. The predicted molar refractivity (Wildman–Crippen MR) is 63.2 cm³/mol. The summed E-state index contributed by atoms with van der Waals surface area (Å²) < 4.78 is 0. The zero-order valence-electron chi connectivity index (χ0n) is 9.77. The summed E-state index contributed by atoms with van der Waals surface area (Å²) in [5.74, 6) is 1.77. The molecule has 1 aromatic heterocycles. The summed E-state index contributed by atoms with van der Waals surface area (Å²) in [4.78, 5) is 0. The lowest BCUT2D eigenvalue weighted by Crippen LogP contribution is -2.09. The normalized spacial score (nSPS) is 16.2. The molecule has 0 saturated heterocycles. The van der Waals surface area contributed by atoms with E-state index < -0.39 is 0 Å². The average molecular weight is 207 g/mol. The van der Waals surface area contributed by atoms with E-state index >= 15 is 0 Å². The maximum Gasteiger partial charge on any atom is 0.151 e. The minimum Gasteiger partial charge on any atom is -0.368 e. The number of fused-ring (bicyclic) bond motifs is 1. The van der Waals surface area contributed by atoms with E-state index in [2.05, 4.69) is 29.4 Å². The molecule has 1 aliphatic rings. The predicted octanol–water partition coefficient (Wildman–Crippen LogP) is 2.75. The minimum atomic E-state index is 0.670. The molecule has 0 atom stereocenters. The summed E-state index contributed by atoms with van der Waals surface area (Å²) in [6, 6.07) is 0. The average Bonchev–Trinajstić information content (AvgIpc) is 2.44. The minimum absolute atomic E-state index is 0.670. The molecule has 2 rings (SSSR count). The van der Waals surface area contributed by atoms with Crippen LogP contribution in [0.1, 0.15) is 44.4 Å². The fraction of sp³-hybridized carbons (Fsp3) is 0.750. The zero-order valence-corrected chi connectivity index (χ0v) is 9.77. The number of nitrogens with one attached hydrogen (secondary N) is 2. The van der Waals surface area contributed by atoms with Gasteiger partial charge in [-0.2, -0.15) is 5.10 Å². The molecule has 3 heteroatoms. The molecule has 2 N–H and O–H groups in total. The van der Waals surface area contributed by atoms with Crippen molar-refractivity contribution in [1.29, 1.82) is 0 Å². The largest absolute Gasteiger partial charge is 0.368 e. The van der Waals surface area contributed by atoms with Gasteiger partial charge < -0.3 is 5.32 Å². The number of hydrogen-bond acceptors (Lipinski definition) is 2. The van der Waals surface area contributed by atoms with Crippen LogP contribution in [0.3, 0.4) is 0 Å². The van der Waals surface area contributed by atoms with E-state index in [1.165, 1.54) is 43.4 Å². The monoisotopic (exact) mass is 207 g/mol. The summed E-state index contributed by atoms with van der Waals surface area (Å²) in [6.07, 6.45) is 6.33. The van der Waals surface area contributed by atoms with Gasteiger partial charge in [-0.1, -0.05) is 20.3 Å². The summed E-state index contributed by atoms with van der Waals surface area (Å²) >= 11 is 0. The summed E-state index contributed by atoms with van der Waals surface area (Å²) in [6.45, 7) is 5.45. The van der Waals surface area contributed by atoms with Crippen LogP contribution in [0, 0.1) is 5.92 Å². The molecule has 0 unspecified atom stereocenters. The van der Waals surface area contributed by atoms with Gasteiger partial charge in [-0.3, -0.25) is 5.10 Å². The Morgan fingerprint density at radius 3 is 2.87 bits per heavy atom. The Morgan fingerprint density at radius 1 is 1.27 bits per heavy atom. The van der Waals surface area contributed by atoms with Gasteiger partial charge >= 0.3 is 0 Å². The number of H-pyrrole nitrogens is 1. The van der Waals surface area contributed by atoms with E-state index in [0.29, 0.717) is 5.92 Å². The van der Waals surface area contributed by atoms with Crippen molar-refractivity contribution in [3.8, 4) is 0 Å². The van der Waals surface area contributed by atoms with Gasteiger partial charge in [-0.25, -0.2) is 0 Å². The van der Waals surface area contributed by atoms with E-state index in [9.17, 15) is 0 Å². The van der Waals surface area contributed by atoms with E-state index in [1.807, 2.05) is 0 Å². The first kappa shape index (κ1) is 10.5. The summed E-state index contributed by atoms with van der Waals surface area (Å²) in [5, 5.41) is 11.0. The van der Waals surface area contributed by atoms with Gasteiger partial charge in [0.2, 0.25) is 0 Å². The van der Waals surface area contributed by atoms with Crippen LogP contribution < -0.4 is 5.32 Å². The Hall–Kier alpha value is -0.990. The molecule has 0 spiro atoms. The van der Waals surface area contributed by atoms with Gasteiger partial charge in [-0.05, 0) is 31.6 Å². The fourth-order valence-corrected chi connectivity index (χ4v) is 2.10. The van der Waals surface area contributed by atoms with E-state index in [4.69, 9.17) is 0 Å². The molecule has 0 bridgehead atoms. The number of nitrogens with zero attached hydrogens (tertiary/aromatic N) is 1. The Labute approximate surface area is 91.7 Å². The van der Waals surface area contributed by atoms with Gasteiger partial charge in [0.05, 0.1) is 0 Å². The van der Waals surface area contributed by atoms with Gasteiger partial charge in [0, 0.05) is 17.8 Å². The first-order chi connectivity index (χ1) is 7.27. The number of rotatable bonds is 3. The molecule has 1 heterocycles. The SMILES string of the molecule is CC(C)CNc1n[nH]c2c1CCCCC2. The van der Waals surface area contributed by atoms with E-state index in [-0.39, 0.29) is 0 Å². The standard InChI is InChI=1S/C12H21N3/c1-9(2)8-13-12-10-6-4-3-5-7-11(10)14-15-12/h9H,3-8H2,1-2H3,(H2,13,14,15). The van der Waals surface area contributed by atoms with Crippen LogP contribution >= 0.6 is 0 Å². The first-order valence-corrected chi connectivity index (χ1v) is 6.07. The highest BCUT2D eigenvalue weighted by Gasteiger charge is 2.15. The molecule has 15 heavy (non-hydrogen) atoms. The Kier molecular flexibility index (Phi) is 3.29. The van der Waals surface area contributed by atoms with Crippen molar-refractivity contribution < 1.29 is 0 Å². The van der Waals surface area contributed by atoms with Crippen LogP contribution in [-0.4, -0.2) is 16.7 Å². The maximum atomic E-state index is 4.38. The quantitative estimate of drug-likeness (QED) is 0.748. The van der Waals surface area contributed by atoms with Crippen LogP contribution in [-0.2, 0) is 12.8 Å². The second-order valence-corrected chi connectivity index (χ2v) is 4.86. The first-order valence-electron chi connectivity index (χ1n) is 6.07. The second kappa shape index (κ2) is 4.69. The van der Waals surface area contributed by atoms with Crippen LogP contribution in [0.15, 0.2) is 0 Å². The van der Waals surface area contributed by atoms with Crippen molar-refractivity contribution in [2.45, 2.75) is 46.0 Å².